The van der Waals surface area contributed by atoms with Crippen LogP contribution in [0.4, 0.5) is 5.69 Å². The number of fused-ring (bicyclic) bond motifs is 1. The Kier molecular flexibility index (Phi) is 6.19. The average Bonchev–Trinajstić information content (AvgIpc) is 3.02. The number of hydrogen-bond donors (Lipinski definition) is 1. The van der Waals surface area contributed by atoms with Gasteiger partial charge in [-0.2, -0.15) is 5.26 Å². The van der Waals surface area contributed by atoms with Gasteiger partial charge in [0.1, 0.15) is 11.6 Å². The molecule has 0 unspecified atom stereocenters. The highest BCUT2D eigenvalue weighted by molar-refractivity contribution is 5.85. The fraction of sp³-hybridized carbons (Fsp3) is 0.208. The summed E-state index contributed by atoms with van der Waals surface area (Å²) < 4.78 is 3.49. The van der Waals surface area contributed by atoms with Crippen molar-refractivity contribution in [1.29, 1.82) is 5.26 Å². The minimum atomic E-state index is -0.338. The maximum absolute atomic E-state index is 12.7. The molecule has 0 radical (unpaired) electrons. The van der Waals surface area contributed by atoms with Crippen molar-refractivity contribution in [3.05, 3.63) is 92.8 Å². The molecule has 1 aromatic carbocycles. The Bertz CT molecular complexity index is 1360. The van der Waals surface area contributed by atoms with E-state index in [-0.39, 0.29) is 23.5 Å². The SMILES string of the molecule is Cc1cccc(C)c1CNc1cc(-n2cccc(C#N)c2=O)cn2c(C)c(C)nc12.Cl. The van der Waals surface area contributed by atoms with Crippen LogP contribution in [-0.2, 0) is 6.54 Å². The molecular weight excluding hydrogens is 410 g/mol. The summed E-state index contributed by atoms with van der Waals surface area (Å²) >= 11 is 0. The largest absolute Gasteiger partial charge is 0.378 e. The van der Waals surface area contributed by atoms with Crippen LogP contribution in [0, 0.1) is 39.0 Å². The Hall–Kier alpha value is -3.56. The predicted octanol–water partition coefficient (Wildman–Crippen LogP) is 4.62. The van der Waals surface area contributed by atoms with Crippen LogP contribution in [0.1, 0.15) is 33.6 Å². The fourth-order valence-corrected chi connectivity index (χ4v) is 3.71. The van der Waals surface area contributed by atoms with Gasteiger partial charge in [-0.05, 0) is 62.6 Å². The number of halogens is 1. The average molecular weight is 434 g/mol. The first-order chi connectivity index (χ1) is 14.4. The highest BCUT2D eigenvalue weighted by Crippen LogP contribution is 2.25. The van der Waals surface area contributed by atoms with E-state index in [1.807, 2.05) is 36.6 Å². The van der Waals surface area contributed by atoms with Crippen LogP contribution in [0.25, 0.3) is 11.3 Å². The van der Waals surface area contributed by atoms with Gasteiger partial charge in [-0.15, -0.1) is 12.4 Å². The van der Waals surface area contributed by atoms with E-state index in [1.165, 1.54) is 27.3 Å². The molecule has 0 saturated carbocycles. The molecule has 0 saturated heterocycles. The Morgan fingerprint density at radius 1 is 1.10 bits per heavy atom. The number of rotatable bonds is 4. The van der Waals surface area contributed by atoms with Crippen molar-refractivity contribution in [2.24, 2.45) is 0 Å². The molecule has 1 N–H and O–H groups in total. The standard InChI is InChI=1S/C24H23N5O.ClH/c1-15-7-5-8-16(2)21(15)13-26-22-11-20(14-29-18(4)17(3)27-23(22)29)28-10-6-9-19(12-25)24(28)30;/h5-11,14,26H,13H2,1-4H3;1H. The summed E-state index contributed by atoms with van der Waals surface area (Å²) in [7, 11) is 0. The Morgan fingerprint density at radius 2 is 1.81 bits per heavy atom. The molecule has 0 aliphatic rings. The first-order valence-corrected chi connectivity index (χ1v) is 9.81. The molecule has 158 valence electrons. The number of pyridine rings is 2. The molecule has 4 rings (SSSR count). The van der Waals surface area contributed by atoms with Crippen LogP contribution in [0.5, 0.6) is 0 Å². The second kappa shape index (κ2) is 8.66. The van der Waals surface area contributed by atoms with Crippen molar-refractivity contribution in [3.8, 4) is 11.8 Å². The number of nitrogens with zero attached hydrogens (tertiary/aromatic N) is 4. The lowest BCUT2D eigenvalue weighted by Gasteiger charge is -2.15. The lowest BCUT2D eigenvalue weighted by atomic mass is 10.0. The molecule has 6 nitrogen and oxygen atoms in total. The van der Waals surface area contributed by atoms with Gasteiger partial charge >= 0.3 is 0 Å². The van der Waals surface area contributed by atoms with E-state index in [2.05, 4.69) is 37.4 Å². The van der Waals surface area contributed by atoms with Crippen molar-refractivity contribution in [3.63, 3.8) is 0 Å². The Balaban J connectivity index is 0.00000272. The third-order valence-corrected chi connectivity index (χ3v) is 5.63. The van der Waals surface area contributed by atoms with E-state index >= 15 is 0 Å². The number of hydrogen-bond acceptors (Lipinski definition) is 4. The van der Waals surface area contributed by atoms with Crippen LogP contribution in [0.2, 0.25) is 0 Å². The van der Waals surface area contributed by atoms with Crippen molar-refractivity contribution in [2.75, 3.05) is 5.32 Å². The first-order valence-electron chi connectivity index (χ1n) is 9.81. The van der Waals surface area contributed by atoms with Crippen LogP contribution in [-0.4, -0.2) is 14.0 Å². The third kappa shape index (κ3) is 3.92. The second-order valence-corrected chi connectivity index (χ2v) is 7.52. The lowest BCUT2D eigenvalue weighted by Crippen LogP contribution is -2.20. The van der Waals surface area contributed by atoms with Gasteiger partial charge in [-0.25, -0.2) is 4.98 Å². The molecule has 0 amide bonds. The zero-order chi connectivity index (χ0) is 21.4. The summed E-state index contributed by atoms with van der Waals surface area (Å²) in [5.41, 5.74) is 7.72. The minimum absolute atomic E-state index is 0. The van der Waals surface area contributed by atoms with E-state index in [9.17, 15) is 10.1 Å². The highest BCUT2D eigenvalue weighted by Gasteiger charge is 2.14. The number of anilines is 1. The van der Waals surface area contributed by atoms with Crippen molar-refractivity contribution < 1.29 is 0 Å². The molecule has 0 bridgehead atoms. The van der Waals surface area contributed by atoms with Crippen LogP contribution < -0.4 is 10.9 Å². The summed E-state index contributed by atoms with van der Waals surface area (Å²) in [5.74, 6) is 0. The molecule has 0 fully saturated rings. The predicted molar refractivity (Wildman–Crippen MR) is 125 cm³/mol. The normalized spacial score (nSPS) is 10.5. The molecule has 0 spiro atoms. The fourth-order valence-electron chi connectivity index (χ4n) is 3.71. The molecular formula is C24H24ClN5O. The van der Waals surface area contributed by atoms with Crippen LogP contribution in [0.3, 0.4) is 0 Å². The van der Waals surface area contributed by atoms with Crippen LogP contribution >= 0.6 is 12.4 Å². The van der Waals surface area contributed by atoms with Gasteiger partial charge in [0.15, 0.2) is 5.65 Å². The van der Waals surface area contributed by atoms with E-state index < -0.39 is 0 Å². The van der Waals surface area contributed by atoms with Crippen LogP contribution in [0.15, 0.2) is 53.6 Å². The summed E-state index contributed by atoms with van der Waals surface area (Å²) in [6.07, 6.45) is 3.57. The maximum atomic E-state index is 12.7. The van der Waals surface area contributed by atoms with Crippen molar-refractivity contribution in [2.45, 2.75) is 34.2 Å². The Morgan fingerprint density at radius 3 is 2.48 bits per heavy atom. The number of imidazole rings is 1. The highest BCUT2D eigenvalue weighted by atomic mass is 35.5. The topological polar surface area (TPSA) is 75.1 Å². The molecule has 3 aromatic heterocycles. The maximum Gasteiger partial charge on any atom is 0.273 e. The van der Waals surface area contributed by atoms with Gasteiger partial charge in [-0.3, -0.25) is 9.36 Å². The summed E-state index contributed by atoms with van der Waals surface area (Å²) in [6.45, 7) is 8.83. The van der Waals surface area contributed by atoms with Gasteiger partial charge in [0.2, 0.25) is 0 Å². The smallest absolute Gasteiger partial charge is 0.273 e. The lowest BCUT2D eigenvalue weighted by molar-refractivity contribution is 0.953. The number of benzene rings is 1. The summed E-state index contributed by atoms with van der Waals surface area (Å²) in [6, 6.07) is 13.4. The molecule has 0 aliphatic heterocycles. The first kappa shape index (κ1) is 22.1. The monoisotopic (exact) mass is 433 g/mol. The summed E-state index contributed by atoms with van der Waals surface area (Å²) in [4.78, 5) is 17.4. The van der Waals surface area contributed by atoms with Crippen molar-refractivity contribution >= 4 is 23.7 Å². The molecule has 4 aromatic rings. The van der Waals surface area contributed by atoms with Gasteiger partial charge in [-0.1, -0.05) is 18.2 Å². The minimum Gasteiger partial charge on any atom is -0.378 e. The molecule has 31 heavy (non-hydrogen) atoms. The van der Waals surface area contributed by atoms with Gasteiger partial charge in [0.25, 0.3) is 5.56 Å². The zero-order valence-electron chi connectivity index (χ0n) is 17.9. The van der Waals surface area contributed by atoms with E-state index in [4.69, 9.17) is 4.98 Å². The quantitative estimate of drug-likeness (QED) is 0.509. The third-order valence-electron chi connectivity index (χ3n) is 5.63. The molecule has 3 heterocycles. The van der Waals surface area contributed by atoms with E-state index in [1.54, 1.807) is 12.3 Å². The zero-order valence-corrected chi connectivity index (χ0v) is 18.7. The van der Waals surface area contributed by atoms with Gasteiger partial charge < -0.3 is 9.72 Å². The van der Waals surface area contributed by atoms with Crippen molar-refractivity contribution in [1.82, 2.24) is 14.0 Å². The molecule has 0 atom stereocenters. The summed E-state index contributed by atoms with van der Waals surface area (Å²) in [5, 5.41) is 12.8. The number of nitrogens with one attached hydrogen (secondary N) is 1. The van der Waals surface area contributed by atoms with E-state index in [0.717, 1.165) is 22.7 Å². The Labute approximate surface area is 187 Å². The number of aryl methyl sites for hydroxylation is 4. The van der Waals surface area contributed by atoms with E-state index in [0.29, 0.717) is 12.2 Å². The second-order valence-electron chi connectivity index (χ2n) is 7.52. The molecule has 0 aliphatic carbocycles. The van der Waals surface area contributed by atoms with Gasteiger partial charge in [0.05, 0.1) is 17.1 Å². The number of nitriles is 1. The number of aromatic nitrogens is 3. The molecule has 7 heteroatoms. The van der Waals surface area contributed by atoms with Gasteiger partial charge in [0, 0.05) is 24.6 Å².